The molecule has 2 aromatic rings. The number of aliphatic imine (C=N–C) groups is 1. The summed E-state index contributed by atoms with van der Waals surface area (Å²) in [6.45, 7) is 5.72. The Labute approximate surface area is 241 Å². The Morgan fingerprint density at radius 2 is 1.84 bits per heavy atom. The topological polar surface area (TPSA) is 84.1 Å². The first-order chi connectivity index (χ1) is 17.8. The minimum Gasteiger partial charge on any atom is -0.625 e. The maximum absolute atomic E-state index is 13.6. The number of carboxylic acids is 1. The standard InChI is InChI=1S/C30H38ClN3O3.Ni/c1-3-34-18-10-17-30(34,2)29(37)33-25-16-15-23(31)19-24(25)28(22-13-8-5-9-14-22)32-26(20-27(35)36)21-11-6-4-7-12-21;/h5,8-9,13-16,19,21,26H,3-4,6-7,10-12,17-18,20H2,1-2H3,(H2,32,33,35,36,37);/p-1/t26-,30+;/m0./s1. The van der Waals surface area contributed by atoms with Crippen molar-refractivity contribution in [1.82, 2.24) is 4.90 Å². The number of carbonyl (C=O) groups is 2. The van der Waals surface area contributed by atoms with Crippen LogP contribution < -0.4 is 0 Å². The van der Waals surface area contributed by atoms with Gasteiger partial charge in [0.15, 0.2) is 0 Å². The van der Waals surface area contributed by atoms with E-state index in [4.69, 9.17) is 16.6 Å². The van der Waals surface area contributed by atoms with Gasteiger partial charge in [-0.25, -0.2) is 0 Å². The molecule has 2 fully saturated rings. The van der Waals surface area contributed by atoms with E-state index in [2.05, 4.69) is 17.1 Å². The minimum atomic E-state index is -0.855. The molecule has 0 spiro atoms. The van der Waals surface area contributed by atoms with Gasteiger partial charge in [-0.2, -0.15) is 0 Å². The molecule has 0 radical (unpaired) electrons. The van der Waals surface area contributed by atoms with Gasteiger partial charge in [-0.3, -0.25) is 14.7 Å². The van der Waals surface area contributed by atoms with Crippen molar-refractivity contribution in [1.29, 1.82) is 0 Å². The number of hydrogen-bond donors (Lipinski definition) is 1. The fourth-order valence-corrected chi connectivity index (χ4v) is 6.04. The van der Waals surface area contributed by atoms with Crippen molar-refractivity contribution in [3.63, 3.8) is 0 Å². The summed E-state index contributed by atoms with van der Waals surface area (Å²) in [7, 11) is 0. The number of benzene rings is 2. The van der Waals surface area contributed by atoms with Gasteiger partial charge in [-0.1, -0.05) is 74.2 Å². The van der Waals surface area contributed by atoms with E-state index in [0.717, 1.165) is 57.2 Å². The molecule has 8 heteroatoms. The molecule has 38 heavy (non-hydrogen) atoms. The number of halogens is 1. The summed E-state index contributed by atoms with van der Waals surface area (Å²) in [6, 6.07) is 14.7. The van der Waals surface area contributed by atoms with Crippen molar-refractivity contribution >= 4 is 34.9 Å². The summed E-state index contributed by atoms with van der Waals surface area (Å²) in [5, 5.41) is 14.9. The first-order valence-electron chi connectivity index (χ1n) is 13.5. The molecule has 2 atom stereocenters. The fraction of sp³-hybridized carbons (Fsp3) is 0.500. The molecule has 1 saturated carbocycles. The van der Waals surface area contributed by atoms with E-state index in [1.165, 1.54) is 6.42 Å². The second kappa shape index (κ2) is 13.7. The molecule has 0 aromatic heterocycles. The van der Waals surface area contributed by atoms with Gasteiger partial charge < -0.3 is 15.2 Å². The third-order valence-corrected chi connectivity index (χ3v) is 8.22. The third kappa shape index (κ3) is 7.05. The summed E-state index contributed by atoms with van der Waals surface area (Å²) < 4.78 is 0. The van der Waals surface area contributed by atoms with Crippen molar-refractivity contribution in [3.8, 4) is 0 Å². The summed E-state index contributed by atoms with van der Waals surface area (Å²) in [5.74, 6) is -0.816. The number of rotatable bonds is 9. The first kappa shape index (κ1) is 30.3. The number of likely N-dealkylation sites (tertiary alicyclic amines) is 1. The maximum Gasteiger partial charge on any atom is 0.305 e. The number of carbonyl (C=O) groups excluding carboxylic acids is 1. The van der Waals surface area contributed by atoms with E-state index >= 15 is 0 Å². The van der Waals surface area contributed by atoms with Gasteiger partial charge in [-0.15, -0.1) is 5.69 Å². The van der Waals surface area contributed by atoms with E-state index in [-0.39, 0.29) is 40.8 Å². The number of amides is 1. The monoisotopic (exact) mass is 580 g/mol. The van der Waals surface area contributed by atoms with Crippen LogP contribution in [0.2, 0.25) is 5.02 Å². The van der Waals surface area contributed by atoms with Gasteiger partial charge in [0, 0.05) is 27.1 Å². The second-order valence-electron chi connectivity index (χ2n) is 10.4. The zero-order chi connectivity index (χ0) is 26.4. The van der Waals surface area contributed by atoms with Crippen LogP contribution in [0.3, 0.4) is 0 Å². The molecule has 1 heterocycles. The third-order valence-electron chi connectivity index (χ3n) is 7.99. The van der Waals surface area contributed by atoms with E-state index in [9.17, 15) is 14.7 Å². The molecule has 1 aliphatic heterocycles. The fourth-order valence-electron chi connectivity index (χ4n) is 5.87. The van der Waals surface area contributed by atoms with Gasteiger partial charge >= 0.3 is 5.97 Å². The summed E-state index contributed by atoms with van der Waals surface area (Å²) in [4.78, 5) is 32.7. The van der Waals surface area contributed by atoms with Crippen LogP contribution in [0.4, 0.5) is 5.69 Å². The van der Waals surface area contributed by atoms with E-state index < -0.39 is 11.5 Å². The number of aliphatic carboxylic acids is 1. The van der Waals surface area contributed by atoms with Crippen molar-refractivity contribution in [2.24, 2.45) is 10.9 Å². The zero-order valence-corrected chi connectivity index (χ0v) is 23.9. The molecule has 1 aliphatic carbocycles. The van der Waals surface area contributed by atoms with Crippen LogP contribution in [0.5, 0.6) is 0 Å². The quantitative estimate of drug-likeness (QED) is 0.255. The van der Waals surface area contributed by atoms with Crippen LogP contribution in [-0.2, 0) is 26.1 Å². The number of nitrogens with zero attached hydrogens (tertiary/aromatic N) is 3. The Balaban J connectivity index is 0.00000400. The summed E-state index contributed by atoms with van der Waals surface area (Å²) in [6.07, 6.45) is 7.02. The van der Waals surface area contributed by atoms with Gasteiger partial charge in [0.2, 0.25) is 0 Å². The van der Waals surface area contributed by atoms with Crippen molar-refractivity contribution in [2.45, 2.75) is 76.8 Å². The molecule has 208 valence electrons. The molecule has 2 aromatic carbocycles. The average Bonchev–Trinajstić information content (AvgIpc) is 3.30. The van der Waals surface area contributed by atoms with Crippen molar-refractivity contribution < 1.29 is 31.2 Å². The van der Waals surface area contributed by atoms with Crippen LogP contribution in [0.15, 0.2) is 53.5 Å². The molecule has 1 N–H and O–H groups in total. The number of likely N-dealkylation sites (N-methyl/N-ethyl adjacent to an activating group) is 1. The normalized spacial score (nSPS) is 21.5. The minimum absolute atomic E-state index is 0. The predicted molar refractivity (Wildman–Crippen MR) is 149 cm³/mol. The van der Waals surface area contributed by atoms with E-state index in [1.54, 1.807) is 18.2 Å². The molecule has 1 saturated heterocycles. The first-order valence-corrected chi connectivity index (χ1v) is 13.9. The van der Waals surface area contributed by atoms with Gasteiger partial charge in [0.25, 0.3) is 0 Å². The van der Waals surface area contributed by atoms with Crippen LogP contribution in [-0.4, -0.2) is 52.3 Å². The molecule has 4 rings (SSSR count). The smallest absolute Gasteiger partial charge is 0.305 e. The van der Waals surface area contributed by atoms with Gasteiger partial charge in [0.1, 0.15) is 0 Å². The van der Waals surface area contributed by atoms with Crippen LogP contribution in [0, 0.1) is 5.92 Å². The predicted octanol–water partition coefficient (Wildman–Crippen LogP) is 7.00. The number of carboxylic acid groups (broad SMARTS) is 1. The number of hydrogen-bond acceptors (Lipinski definition) is 4. The van der Waals surface area contributed by atoms with Crippen molar-refractivity contribution in [3.05, 3.63) is 70.0 Å². The SMILES string of the molecule is CCN1CCC[C@]1(C)C(=O)[N-]c1ccc(Cl)cc1C(=N[C@@H](CC(=O)O)C1CCCCC1)c1ccccc1.[Ni]. The van der Waals surface area contributed by atoms with E-state index in [0.29, 0.717) is 22.0 Å². The zero-order valence-electron chi connectivity index (χ0n) is 22.1. The Hall–Kier alpha value is -2.21. The molecule has 1 amide bonds. The Morgan fingerprint density at radius 1 is 1.13 bits per heavy atom. The Bertz CT molecular complexity index is 1140. The largest absolute Gasteiger partial charge is 0.625 e. The van der Waals surface area contributed by atoms with Gasteiger partial charge in [-0.05, 0) is 69.3 Å². The van der Waals surface area contributed by atoms with Crippen molar-refractivity contribution in [2.75, 3.05) is 13.1 Å². The summed E-state index contributed by atoms with van der Waals surface area (Å²) >= 11 is 6.47. The molecule has 0 bridgehead atoms. The molecule has 2 aliphatic rings. The molecule has 0 unspecified atom stereocenters. The van der Waals surface area contributed by atoms with Crippen LogP contribution in [0.25, 0.3) is 5.32 Å². The van der Waals surface area contributed by atoms with Crippen LogP contribution in [0.1, 0.15) is 76.3 Å². The molecular weight excluding hydrogens is 544 g/mol. The Kier molecular flexibility index (Phi) is 11.0. The van der Waals surface area contributed by atoms with Crippen LogP contribution >= 0.6 is 11.6 Å². The molecule has 6 nitrogen and oxygen atoms in total. The van der Waals surface area contributed by atoms with E-state index in [1.807, 2.05) is 37.3 Å². The molecular formula is C30H37ClN3NiO3-. The average molecular weight is 582 g/mol. The maximum atomic E-state index is 13.6. The second-order valence-corrected chi connectivity index (χ2v) is 10.9. The summed E-state index contributed by atoms with van der Waals surface area (Å²) in [5.41, 5.74) is 2.02. The van der Waals surface area contributed by atoms with Gasteiger partial charge in [0.05, 0.1) is 29.6 Å². The Morgan fingerprint density at radius 3 is 2.50 bits per heavy atom.